The van der Waals surface area contributed by atoms with E-state index in [2.05, 4.69) is 10.4 Å². The molecule has 0 fully saturated rings. The van der Waals surface area contributed by atoms with Gasteiger partial charge in [0.25, 0.3) is 0 Å². The normalized spacial score (nSPS) is 14.7. The number of hydrogen-bond donors (Lipinski definition) is 1. The zero-order valence-electron chi connectivity index (χ0n) is 11.8. The zero-order chi connectivity index (χ0) is 14.0. The molecule has 104 valence electrons. The van der Waals surface area contributed by atoms with Gasteiger partial charge in [0.2, 0.25) is 0 Å². The van der Waals surface area contributed by atoms with Crippen molar-refractivity contribution in [2.24, 2.45) is 0 Å². The molecule has 1 N–H and O–H groups in total. The first-order valence-corrected chi connectivity index (χ1v) is 8.02. The molecule has 0 spiro atoms. The quantitative estimate of drug-likeness (QED) is 0.850. The number of nitrogens with one attached hydrogen (secondary N) is 1. The summed E-state index contributed by atoms with van der Waals surface area (Å²) in [5.74, 6) is 0. The van der Waals surface area contributed by atoms with E-state index in [9.17, 15) is 8.42 Å². The molecule has 1 aromatic rings. The first-order valence-electron chi connectivity index (χ1n) is 6.12. The number of nitrogens with zero attached hydrogens (tertiary/aromatic N) is 2. The van der Waals surface area contributed by atoms with E-state index in [1.165, 1.54) is 6.26 Å². The van der Waals surface area contributed by atoms with Gasteiger partial charge >= 0.3 is 0 Å². The van der Waals surface area contributed by atoms with Crippen molar-refractivity contribution in [2.75, 3.05) is 12.8 Å². The Morgan fingerprint density at radius 2 is 2.11 bits per heavy atom. The van der Waals surface area contributed by atoms with Crippen LogP contribution in [-0.2, 0) is 16.4 Å². The summed E-state index contributed by atoms with van der Waals surface area (Å²) in [4.78, 5) is 0. The topological polar surface area (TPSA) is 64.0 Å². The molecule has 1 heterocycles. The van der Waals surface area contributed by atoms with E-state index >= 15 is 0 Å². The number of rotatable bonds is 6. The molecule has 0 aliphatic heterocycles. The molecule has 1 rings (SSSR count). The number of aromatic nitrogens is 2. The monoisotopic (exact) mass is 273 g/mol. The van der Waals surface area contributed by atoms with Crippen LogP contribution in [0.1, 0.15) is 39.3 Å². The lowest BCUT2D eigenvalue weighted by molar-refractivity contribution is 0.488. The standard InChI is InChI=1S/C12H23N3O2S/c1-6-15-8-11(7-14-15)10(2)13-9-12(3,4)18(5,16)17/h7-8,10,13H,6,9H2,1-5H3. The Morgan fingerprint density at radius 1 is 1.50 bits per heavy atom. The van der Waals surface area contributed by atoms with Crippen molar-refractivity contribution >= 4 is 9.84 Å². The molecule has 18 heavy (non-hydrogen) atoms. The predicted octanol–water partition coefficient (Wildman–Crippen LogP) is 1.38. The lowest BCUT2D eigenvalue weighted by Gasteiger charge is -2.25. The molecule has 5 nitrogen and oxygen atoms in total. The van der Waals surface area contributed by atoms with E-state index in [4.69, 9.17) is 0 Å². The van der Waals surface area contributed by atoms with Crippen LogP contribution in [0.15, 0.2) is 12.4 Å². The van der Waals surface area contributed by atoms with Gasteiger partial charge in [0, 0.05) is 37.1 Å². The van der Waals surface area contributed by atoms with Crippen LogP contribution in [0.5, 0.6) is 0 Å². The minimum Gasteiger partial charge on any atom is -0.309 e. The van der Waals surface area contributed by atoms with Gasteiger partial charge in [0.15, 0.2) is 9.84 Å². The van der Waals surface area contributed by atoms with Gasteiger partial charge in [-0.25, -0.2) is 8.42 Å². The van der Waals surface area contributed by atoms with Crippen molar-refractivity contribution in [1.82, 2.24) is 15.1 Å². The van der Waals surface area contributed by atoms with Gasteiger partial charge in [-0.15, -0.1) is 0 Å². The van der Waals surface area contributed by atoms with Crippen LogP contribution in [0.25, 0.3) is 0 Å². The summed E-state index contributed by atoms with van der Waals surface area (Å²) in [6, 6.07) is 0.0892. The Kier molecular flexibility index (Phi) is 4.55. The Morgan fingerprint density at radius 3 is 2.56 bits per heavy atom. The van der Waals surface area contributed by atoms with Crippen molar-refractivity contribution in [2.45, 2.75) is 45.0 Å². The summed E-state index contributed by atoms with van der Waals surface area (Å²) in [5.41, 5.74) is 1.07. The predicted molar refractivity (Wildman–Crippen MR) is 73.2 cm³/mol. The maximum absolute atomic E-state index is 11.6. The fraction of sp³-hybridized carbons (Fsp3) is 0.750. The van der Waals surface area contributed by atoms with E-state index in [1.807, 2.05) is 30.9 Å². The van der Waals surface area contributed by atoms with Crippen LogP contribution >= 0.6 is 0 Å². The summed E-state index contributed by atoms with van der Waals surface area (Å²) in [6.45, 7) is 8.76. The third-order valence-electron chi connectivity index (χ3n) is 3.31. The summed E-state index contributed by atoms with van der Waals surface area (Å²) in [7, 11) is -3.06. The maximum Gasteiger partial charge on any atom is 0.153 e. The summed E-state index contributed by atoms with van der Waals surface area (Å²) >= 11 is 0. The summed E-state index contributed by atoms with van der Waals surface area (Å²) in [5, 5.41) is 7.46. The van der Waals surface area contributed by atoms with Gasteiger partial charge in [0.1, 0.15) is 0 Å². The third kappa shape index (κ3) is 3.55. The largest absolute Gasteiger partial charge is 0.309 e. The maximum atomic E-state index is 11.6. The van der Waals surface area contributed by atoms with Gasteiger partial charge in [-0.2, -0.15) is 5.10 Å². The van der Waals surface area contributed by atoms with Crippen LogP contribution in [0.2, 0.25) is 0 Å². The average molecular weight is 273 g/mol. The molecule has 0 radical (unpaired) electrons. The SMILES string of the molecule is CCn1cc(C(C)NCC(C)(C)S(C)(=O)=O)cn1. The van der Waals surface area contributed by atoms with Crippen LogP contribution in [0.4, 0.5) is 0 Å². The average Bonchev–Trinajstić information content (AvgIpc) is 2.73. The van der Waals surface area contributed by atoms with Crippen molar-refractivity contribution in [3.05, 3.63) is 18.0 Å². The number of sulfone groups is 1. The lowest BCUT2D eigenvalue weighted by Crippen LogP contribution is -2.42. The zero-order valence-corrected chi connectivity index (χ0v) is 12.6. The summed E-state index contributed by atoms with van der Waals surface area (Å²) < 4.78 is 24.3. The molecule has 0 aliphatic carbocycles. The van der Waals surface area contributed by atoms with Gasteiger partial charge in [-0.05, 0) is 27.7 Å². The fourth-order valence-corrected chi connectivity index (χ4v) is 1.77. The lowest BCUT2D eigenvalue weighted by atomic mass is 10.1. The molecule has 0 amide bonds. The third-order valence-corrected chi connectivity index (χ3v) is 5.47. The molecule has 0 aliphatic rings. The molecular weight excluding hydrogens is 250 g/mol. The van der Waals surface area contributed by atoms with E-state index in [0.717, 1.165) is 12.1 Å². The molecule has 6 heteroatoms. The minimum absolute atomic E-state index is 0.0892. The van der Waals surface area contributed by atoms with Gasteiger partial charge in [-0.3, -0.25) is 4.68 Å². The Hall–Kier alpha value is -0.880. The van der Waals surface area contributed by atoms with Crippen molar-refractivity contribution in [1.29, 1.82) is 0 Å². The van der Waals surface area contributed by atoms with Crippen molar-refractivity contribution in [3.8, 4) is 0 Å². The van der Waals surface area contributed by atoms with Gasteiger partial charge in [-0.1, -0.05) is 0 Å². The second-order valence-corrected chi connectivity index (χ2v) is 7.91. The highest BCUT2D eigenvalue weighted by Crippen LogP contribution is 2.17. The number of hydrogen-bond acceptors (Lipinski definition) is 4. The smallest absolute Gasteiger partial charge is 0.153 e. The molecule has 0 bridgehead atoms. The molecule has 0 saturated heterocycles. The molecule has 1 unspecified atom stereocenters. The molecule has 1 atom stereocenters. The van der Waals surface area contributed by atoms with Gasteiger partial charge < -0.3 is 5.32 Å². The Bertz CT molecular complexity index is 491. The van der Waals surface area contributed by atoms with Gasteiger partial charge in [0.05, 0.1) is 10.9 Å². The van der Waals surface area contributed by atoms with Crippen LogP contribution < -0.4 is 5.32 Å². The first kappa shape index (κ1) is 15.2. The van der Waals surface area contributed by atoms with Crippen LogP contribution in [-0.4, -0.2) is 35.7 Å². The van der Waals surface area contributed by atoms with E-state index in [0.29, 0.717) is 6.54 Å². The highest BCUT2D eigenvalue weighted by Gasteiger charge is 2.30. The fourth-order valence-electron chi connectivity index (χ4n) is 1.42. The van der Waals surface area contributed by atoms with Crippen LogP contribution in [0.3, 0.4) is 0 Å². The highest BCUT2D eigenvalue weighted by molar-refractivity contribution is 7.92. The van der Waals surface area contributed by atoms with Crippen molar-refractivity contribution < 1.29 is 8.42 Å². The highest BCUT2D eigenvalue weighted by atomic mass is 32.2. The Labute approximate surface area is 109 Å². The van der Waals surface area contributed by atoms with E-state index in [-0.39, 0.29) is 6.04 Å². The number of aryl methyl sites for hydroxylation is 1. The van der Waals surface area contributed by atoms with Crippen molar-refractivity contribution in [3.63, 3.8) is 0 Å². The van der Waals surface area contributed by atoms with Crippen LogP contribution in [0, 0.1) is 0 Å². The molecular formula is C12H23N3O2S. The van der Waals surface area contributed by atoms with E-state index in [1.54, 1.807) is 13.8 Å². The minimum atomic E-state index is -3.06. The Balaban J connectivity index is 2.64. The second kappa shape index (κ2) is 5.40. The molecule has 0 aromatic carbocycles. The second-order valence-electron chi connectivity index (χ2n) is 5.26. The summed E-state index contributed by atoms with van der Waals surface area (Å²) in [6.07, 6.45) is 5.06. The molecule has 0 saturated carbocycles. The van der Waals surface area contributed by atoms with E-state index < -0.39 is 14.6 Å². The molecule has 1 aromatic heterocycles. The first-order chi connectivity index (χ1) is 8.17.